The molecule has 0 heterocycles. The number of rotatable bonds is 2. The Bertz CT molecular complexity index is 450. The summed E-state index contributed by atoms with van der Waals surface area (Å²) in [5, 5.41) is 10.7. The van der Waals surface area contributed by atoms with Crippen molar-refractivity contribution in [1.29, 1.82) is 0 Å². The number of benzene rings is 1. The third-order valence-electron chi connectivity index (χ3n) is 2.95. The lowest BCUT2D eigenvalue weighted by Gasteiger charge is -2.10. The number of fused-ring (bicyclic) bond motifs is 1. The lowest BCUT2D eigenvalue weighted by Crippen LogP contribution is -2.22. The molecule has 16 heavy (non-hydrogen) atoms. The summed E-state index contributed by atoms with van der Waals surface area (Å²) < 4.78 is 4.69. The van der Waals surface area contributed by atoms with Crippen molar-refractivity contribution in [2.24, 2.45) is 0 Å². The Hall–Kier alpha value is -1.84. The lowest BCUT2D eigenvalue weighted by molar-refractivity contribution is -0.255. The van der Waals surface area contributed by atoms with Gasteiger partial charge >= 0.3 is 5.97 Å². The molecule has 4 heteroatoms. The summed E-state index contributed by atoms with van der Waals surface area (Å²) in [6.45, 7) is 0. The summed E-state index contributed by atoms with van der Waals surface area (Å²) in [5.41, 5.74) is 1.88. The summed E-state index contributed by atoms with van der Waals surface area (Å²) in [7, 11) is 1.34. The molecule has 1 unspecified atom stereocenters. The molecule has 0 fully saturated rings. The maximum Gasteiger partial charge on any atom is 0.313 e. The van der Waals surface area contributed by atoms with Crippen molar-refractivity contribution in [1.82, 2.24) is 0 Å². The van der Waals surface area contributed by atoms with Gasteiger partial charge < -0.3 is 14.6 Å². The van der Waals surface area contributed by atoms with Crippen LogP contribution < -0.4 is 5.11 Å². The van der Waals surface area contributed by atoms with E-state index < -0.39 is 5.97 Å². The van der Waals surface area contributed by atoms with Gasteiger partial charge in [-0.2, -0.15) is 0 Å². The maximum absolute atomic E-state index is 11.5. The fourth-order valence-electron chi connectivity index (χ4n) is 2.12. The number of esters is 1. The molecule has 0 bridgehead atoms. The monoisotopic (exact) mass is 219 g/mol. The Morgan fingerprint density at radius 2 is 2.19 bits per heavy atom. The van der Waals surface area contributed by atoms with E-state index in [2.05, 4.69) is 4.74 Å². The van der Waals surface area contributed by atoms with Crippen LogP contribution in [0.15, 0.2) is 18.2 Å². The maximum atomic E-state index is 11.5. The highest BCUT2D eigenvalue weighted by atomic mass is 16.5. The van der Waals surface area contributed by atoms with Crippen LogP contribution in [0.5, 0.6) is 0 Å². The van der Waals surface area contributed by atoms with Gasteiger partial charge in [0.2, 0.25) is 0 Å². The number of aromatic carboxylic acids is 1. The van der Waals surface area contributed by atoms with Crippen LogP contribution in [0.1, 0.15) is 33.8 Å². The van der Waals surface area contributed by atoms with Crippen molar-refractivity contribution < 1.29 is 19.4 Å². The Morgan fingerprint density at radius 1 is 1.44 bits per heavy atom. The van der Waals surface area contributed by atoms with Crippen molar-refractivity contribution >= 4 is 11.9 Å². The number of carbonyl (C=O) groups excluding carboxylic acids is 2. The predicted octanol–water partition coefficient (Wildman–Crippen LogP) is 0.253. The second kappa shape index (κ2) is 3.96. The first-order chi connectivity index (χ1) is 7.63. The third-order valence-corrected chi connectivity index (χ3v) is 2.95. The molecule has 0 saturated carbocycles. The zero-order valence-corrected chi connectivity index (χ0v) is 8.86. The minimum absolute atomic E-state index is 0.106. The molecular weight excluding hydrogens is 208 g/mol. The minimum atomic E-state index is -1.22. The molecule has 84 valence electrons. The van der Waals surface area contributed by atoms with Crippen LogP contribution in [0.4, 0.5) is 0 Å². The van der Waals surface area contributed by atoms with E-state index in [4.69, 9.17) is 0 Å². The highest BCUT2D eigenvalue weighted by Crippen LogP contribution is 2.34. The van der Waals surface area contributed by atoms with E-state index in [9.17, 15) is 14.7 Å². The van der Waals surface area contributed by atoms with Gasteiger partial charge in [-0.25, -0.2) is 0 Å². The molecule has 0 aromatic heterocycles. The van der Waals surface area contributed by atoms with Gasteiger partial charge in [0.05, 0.1) is 19.0 Å². The lowest BCUT2D eigenvalue weighted by atomic mass is 9.99. The number of ether oxygens (including phenoxy) is 1. The number of carboxylic acid groups (broad SMARTS) is 1. The third kappa shape index (κ3) is 1.66. The van der Waals surface area contributed by atoms with Crippen LogP contribution in [-0.4, -0.2) is 19.0 Å². The number of hydrogen-bond donors (Lipinski definition) is 0. The van der Waals surface area contributed by atoms with Crippen LogP contribution in [0.2, 0.25) is 0 Å². The highest BCUT2D eigenvalue weighted by molar-refractivity contribution is 5.87. The van der Waals surface area contributed by atoms with Gasteiger partial charge in [0, 0.05) is 0 Å². The molecule has 1 aliphatic rings. The van der Waals surface area contributed by atoms with Crippen molar-refractivity contribution in [2.45, 2.75) is 18.8 Å². The SMILES string of the molecule is COC(=O)C1CCc2ccc(C(=O)[O-])cc21. The first-order valence-electron chi connectivity index (χ1n) is 5.05. The van der Waals surface area contributed by atoms with Gasteiger partial charge in [0.15, 0.2) is 0 Å². The second-order valence-corrected chi connectivity index (χ2v) is 3.82. The fraction of sp³-hybridized carbons (Fsp3) is 0.333. The number of aryl methyl sites for hydroxylation is 1. The minimum Gasteiger partial charge on any atom is -0.545 e. The molecule has 1 aromatic carbocycles. The van der Waals surface area contributed by atoms with E-state index in [1.807, 2.05) is 0 Å². The van der Waals surface area contributed by atoms with Crippen LogP contribution in [0.3, 0.4) is 0 Å². The van der Waals surface area contributed by atoms with Crippen molar-refractivity contribution in [3.8, 4) is 0 Å². The highest BCUT2D eigenvalue weighted by Gasteiger charge is 2.29. The van der Waals surface area contributed by atoms with Crippen LogP contribution in [-0.2, 0) is 16.0 Å². The van der Waals surface area contributed by atoms with E-state index in [1.54, 1.807) is 6.07 Å². The van der Waals surface area contributed by atoms with Crippen LogP contribution in [0.25, 0.3) is 0 Å². The number of carbonyl (C=O) groups is 2. The largest absolute Gasteiger partial charge is 0.545 e. The van der Waals surface area contributed by atoms with E-state index in [1.165, 1.54) is 19.2 Å². The smallest absolute Gasteiger partial charge is 0.313 e. The molecule has 0 radical (unpaired) electrons. The standard InChI is InChI=1S/C12H12O4/c1-16-12(15)9-5-4-7-2-3-8(11(13)14)6-10(7)9/h2-3,6,9H,4-5H2,1H3,(H,13,14)/p-1. The molecule has 1 aromatic rings. The first-order valence-corrected chi connectivity index (χ1v) is 5.05. The number of carboxylic acids is 1. The van der Waals surface area contributed by atoms with E-state index in [-0.39, 0.29) is 17.5 Å². The molecule has 1 atom stereocenters. The van der Waals surface area contributed by atoms with Crippen LogP contribution >= 0.6 is 0 Å². The van der Waals surface area contributed by atoms with Gasteiger partial charge in [-0.1, -0.05) is 12.1 Å². The average Bonchev–Trinajstić information content (AvgIpc) is 2.70. The molecule has 0 saturated heterocycles. The van der Waals surface area contributed by atoms with Crippen molar-refractivity contribution in [2.75, 3.05) is 7.11 Å². The van der Waals surface area contributed by atoms with E-state index in [0.717, 1.165) is 17.5 Å². The molecule has 0 N–H and O–H groups in total. The average molecular weight is 219 g/mol. The molecule has 0 spiro atoms. The molecule has 1 aliphatic carbocycles. The number of hydrogen-bond acceptors (Lipinski definition) is 4. The second-order valence-electron chi connectivity index (χ2n) is 3.82. The van der Waals surface area contributed by atoms with Crippen molar-refractivity contribution in [3.63, 3.8) is 0 Å². The van der Waals surface area contributed by atoms with Gasteiger partial charge in [0.1, 0.15) is 0 Å². The zero-order chi connectivity index (χ0) is 11.7. The Balaban J connectivity index is 2.40. The topological polar surface area (TPSA) is 66.4 Å². The Morgan fingerprint density at radius 3 is 2.81 bits per heavy atom. The summed E-state index contributed by atoms with van der Waals surface area (Å²) in [5.74, 6) is -1.87. The number of methoxy groups -OCH3 is 1. The predicted molar refractivity (Wildman–Crippen MR) is 53.9 cm³/mol. The summed E-state index contributed by atoms with van der Waals surface area (Å²) in [6, 6.07) is 4.76. The van der Waals surface area contributed by atoms with E-state index >= 15 is 0 Å². The summed E-state index contributed by atoms with van der Waals surface area (Å²) >= 11 is 0. The Labute approximate surface area is 92.8 Å². The zero-order valence-electron chi connectivity index (χ0n) is 8.86. The van der Waals surface area contributed by atoms with Gasteiger partial charge in [-0.05, 0) is 35.6 Å². The first kappa shape index (κ1) is 10.7. The quantitative estimate of drug-likeness (QED) is 0.669. The Kier molecular flexibility index (Phi) is 2.64. The van der Waals surface area contributed by atoms with E-state index in [0.29, 0.717) is 6.42 Å². The molecule has 2 rings (SSSR count). The van der Waals surface area contributed by atoms with Gasteiger partial charge in [0.25, 0.3) is 0 Å². The molecule has 0 amide bonds. The van der Waals surface area contributed by atoms with Gasteiger partial charge in [-0.3, -0.25) is 4.79 Å². The van der Waals surface area contributed by atoms with Crippen molar-refractivity contribution in [3.05, 3.63) is 34.9 Å². The summed E-state index contributed by atoms with van der Waals surface area (Å²) in [6.07, 6.45) is 1.46. The van der Waals surface area contributed by atoms with Gasteiger partial charge in [-0.15, -0.1) is 0 Å². The molecule has 0 aliphatic heterocycles. The molecule has 4 nitrogen and oxygen atoms in total. The van der Waals surface area contributed by atoms with Crippen LogP contribution in [0, 0.1) is 0 Å². The summed E-state index contributed by atoms with van der Waals surface area (Å²) in [4.78, 5) is 22.2. The molecular formula is C12H11O4-. The fourth-order valence-corrected chi connectivity index (χ4v) is 2.12. The normalized spacial score (nSPS) is 17.9.